The molecule has 3 aromatic heterocycles. The fourth-order valence-electron chi connectivity index (χ4n) is 4.26. The minimum atomic E-state index is -0.0184. The van der Waals surface area contributed by atoms with Crippen LogP contribution in [0.2, 0.25) is 0 Å². The van der Waals surface area contributed by atoms with Gasteiger partial charge in [-0.25, -0.2) is 0 Å². The summed E-state index contributed by atoms with van der Waals surface area (Å²) >= 11 is 1.49. The monoisotopic (exact) mass is 433 g/mol. The smallest absolute Gasteiger partial charge is 0.261 e. The van der Waals surface area contributed by atoms with Crippen LogP contribution in [0.25, 0.3) is 21.1 Å². The summed E-state index contributed by atoms with van der Waals surface area (Å²) in [5.74, 6) is -0.0184. The van der Waals surface area contributed by atoms with E-state index in [2.05, 4.69) is 56.7 Å². The largest absolute Gasteiger partial charge is 0.359 e. The minimum absolute atomic E-state index is 0.0184. The molecule has 1 saturated heterocycles. The molecule has 0 aliphatic carbocycles. The topological polar surface area (TPSA) is 73.1 Å². The van der Waals surface area contributed by atoms with Gasteiger partial charge in [-0.1, -0.05) is 6.42 Å². The van der Waals surface area contributed by atoms with Crippen LogP contribution < -0.4 is 10.6 Å². The zero-order valence-corrected chi connectivity index (χ0v) is 18.5. The van der Waals surface area contributed by atoms with E-state index in [1.807, 2.05) is 12.1 Å². The number of rotatable bonds is 6. The Bertz CT molecular complexity index is 1220. The Morgan fingerprint density at radius 2 is 2.03 bits per heavy atom. The van der Waals surface area contributed by atoms with E-state index in [4.69, 9.17) is 0 Å². The molecule has 0 bridgehead atoms. The second-order valence-corrected chi connectivity index (χ2v) is 9.27. The van der Waals surface area contributed by atoms with Crippen molar-refractivity contribution in [3.05, 3.63) is 53.2 Å². The Kier molecular flexibility index (Phi) is 5.61. The van der Waals surface area contributed by atoms with E-state index in [1.54, 1.807) is 6.20 Å². The number of aryl methyl sites for hydroxylation is 1. The van der Waals surface area contributed by atoms with Crippen molar-refractivity contribution in [2.24, 2.45) is 0 Å². The maximum absolute atomic E-state index is 12.7. The maximum atomic E-state index is 12.7. The van der Waals surface area contributed by atoms with Crippen LogP contribution in [-0.4, -0.2) is 47.0 Å². The van der Waals surface area contributed by atoms with Crippen molar-refractivity contribution < 1.29 is 4.79 Å². The lowest BCUT2D eigenvalue weighted by Crippen LogP contribution is -2.37. The number of fused-ring (bicyclic) bond motifs is 2. The number of aromatic amines is 1. The van der Waals surface area contributed by atoms with E-state index in [1.165, 1.54) is 36.0 Å². The van der Waals surface area contributed by atoms with Gasteiger partial charge in [-0.2, -0.15) is 0 Å². The summed E-state index contributed by atoms with van der Waals surface area (Å²) in [5, 5.41) is 7.76. The molecular formula is C24H27N5OS. The lowest BCUT2D eigenvalue weighted by atomic mass is 10.1. The molecule has 6 nitrogen and oxygen atoms in total. The Morgan fingerprint density at radius 1 is 1.16 bits per heavy atom. The molecule has 0 unspecified atom stereocenters. The zero-order valence-electron chi connectivity index (χ0n) is 17.7. The Morgan fingerprint density at radius 3 is 2.90 bits per heavy atom. The Labute approximate surface area is 185 Å². The van der Waals surface area contributed by atoms with E-state index < -0.39 is 0 Å². The quantitative estimate of drug-likeness (QED) is 0.398. The van der Waals surface area contributed by atoms with Gasteiger partial charge in [0.2, 0.25) is 0 Å². The maximum Gasteiger partial charge on any atom is 0.261 e. The highest BCUT2D eigenvalue weighted by molar-refractivity contribution is 7.21. The van der Waals surface area contributed by atoms with Crippen molar-refractivity contribution in [1.29, 1.82) is 0 Å². The van der Waals surface area contributed by atoms with Crippen LogP contribution in [0.5, 0.6) is 0 Å². The number of pyridine rings is 1. The second-order valence-electron chi connectivity index (χ2n) is 8.22. The van der Waals surface area contributed by atoms with Gasteiger partial charge in [0.1, 0.15) is 0 Å². The summed E-state index contributed by atoms with van der Waals surface area (Å²) in [6.07, 6.45) is 5.64. The highest BCUT2D eigenvalue weighted by Crippen LogP contribution is 2.33. The van der Waals surface area contributed by atoms with E-state index in [-0.39, 0.29) is 5.91 Å². The SMILES string of the molecule is Cc1cc2cc(Nc3ccnc4cc(C(=O)NCCN5CCCCC5)sc34)ccc2[nH]1. The number of aromatic nitrogens is 2. The highest BCUT2D eigenvalue weighted by Gasteiger charge is 2.15. The lowest BCUT2D eigenvalue weighted by Gasteiger charge is -2.26. The first-order chi connectivity index (χ1) is 15.2. The molecule has 7 heteroatoms. The van der Waals surface area contributed by atoms with E-state index in [0.717, 1.165) is 52.4 Å². The zero-order chi connectivity index (χ0) is 21.2. The summed E-state index contributed by atoms with van der Waals surface area (Å²) in [4.78, 5) is 23.7. The molecule has 3 N–H and O–H groups in total. The van der Waals surface area contributed by atoms with Crippen LogP contribution in [0.15, 0.2) is 42.6 Å². The fraction of sp³-hybridized carbons (Fsp3) is 0.333. The van der Waals surface area contributed by atoms with Crippen LogP contribution in [0.3, 0.4) is 0 Å². The van der Waals surface area contributed by atoms with Gasteiger partial charge in [0, 0.05) is 41.6 Å². The molecule has 1 fully saturated rings. The Balaban J connectivity index is 1.30. The number of H-pyrrole nitrogens is 1. The predicted molar refractivity (Wildman–Crippen MR) is 129 cm³/mol. The fourth-order valence-corrected chi connectivity index (χ4v) is 5.26. The number of thiophene rings is 1. The van der Waals surface area contributed by atoms with Gasteiger partial charge >= 0.3 is 0 Å². The van der Waals surface area contributed by atoms with Gasteiger partial charge in [-0.15, -0.1) is 11.3 Å². The number of benzene rings is 1. The molecule has 1 aliphatic heterocycles. The summed E-state index contributed by atoms with van der Waals surface area (Å²) in [5.41, 5.74) is 5.10. The molecule has 160 valence electrons. The third-order valence-corrected chi connectivity index (χ3v) is 6.99. The van der Waals surface area contributed by atoms with E-state index in [0.29, 0.717) is 11.4 Å². The van der Waals surface area contributed by atoms with Crippen molar-refractivity contribution in [1.82, 2.24) is 20.2 Å². The van der Waals surface area contributed by atoms with E-state index >= 15 is 0 Å². The van der Waals surface area contributed by atoms with Crippen LogP contribution >= 0.6 is 11.3 Å². The van der Waals surface area contributed by atoms with Gasteiger partial charge < -0.3 is 20.5 Å². The molecule has 0 radical (unpaired) electrons. The normalized spacial score (nSPS) is 14.9. The predicted octanol–water partition coefficient (Wildman–Crippen LogP) is 5.05. The standard InChI is InChI=1S/C24H27N5OS/c1-16-13-17-14-18(5-6-19(17)27-16)28-20-7-8-25-21-15-22(31-23(20)21)24(30)26-9-12-29-10-3-2-4-11-29/h5-8,13-15,27H,2-4,9-12H2,1H3,(H,25,28)(H,26,30). The summed E-state index contributed by atoms with van der Waals surface area (Å²) < 4.78 is 0.994. The minimum Gasteiger partial charge on any atom is -0.359 e. The third-order valence-electron chi connectivity index (χ3n) is 5.83. The molecule has 31 heavy (non-hydrogen) atoms. The first kappa shape index (κ1) is 20.0. The second kappa shape index (κ2) is 8.69. The number of hydrogen-bond acceptors (Lipinski definition) is 5. The van der Waals surface area contributed by atoms with Crippen molar-refractivity contribution in [2.75, 3.05) is 31.5 Å². The molecule has 0 atom stereocenters. The Hall–Kier alpha value is -2.90. The van der Waals surface area contributed by atoms with Gasteiger partial charge in [0.05, 0.1) is 20.8 Å². The first-order valence-electron chi connectivity index (χ1n) is 10.9. The lowest BCUT2D eigenvalue weighted by molar-refractivity contribution is 0.0950. The first-order valence-corrected chi connectivity index (χ1v) is 11.7. The van der Waals surface area contributed by atoms with Gasteiger partial charge in [-0.05, 0) is 69.3 Å². The van der Waals surface area contributed by atoms with E-state index in [9.17, 15) is 4.79 Å². The number of hydrogen-bond donors (Lipinski definition) is 3. The number of carbonyl (C=O) groups is 1. The molecule has 1 aromatic carbocycles. The molecule has 1 amide bonds. The van der Waals surface area contributed by atoms with Crippen LogP contribution in [-0.2, 0) is 0 Å². The third kappa shape index (κ3) is 4.43. The van der Waals surface area contributed by atoms with Gasteiger partial charge in [0.25, 0.3) is 5.91 Å². The molecule has 4 aromatic rings. The van der Waals surface area contributed by atoms with Crippen molar-refractivity contribution in [3.63, 3.8) is 0 Å². The number of carbonyl (C=O) groups excluding carboxylic acids is 1. The van der Waals surface area contributed by atoms with Crippen molar-refractivity contribution in [3.8, 4) is 0 Å². The number of piperidine rings is 1. The van der Waals surface area contributed by atoms with Crippen LogP contribution in [0.4, 0.5) is 11.4 Å². The molecule has 0 spiro atoms. The van der Waals surface area contributed by atoms with Crippen LogP contribution in [0.1, 0.15) is 34.6 Å². The molecule has 5 rings (SSSR count). The number of amides is 1. The number of nitrogens with one attached hydrogen (secondary N) is 3. The van der Waals surface area contributed by atoms with Gasteiger partial charge in [0.15, 0.2) is 0 Å². The summed E-state index contributed by atoms with van der Waals surface area (Å²) in [6, 6.07) is 12.3. The van der Waals surface area contributed by atoms with Gasteiger partial charge in [-0.3, -0.25) is 9.78 Å². The van der Waals surface area contributed by atoms with Crippen molar-refractivity contribution >= 4 is 49.7 Å². The number of anilines is 2. The summed E-state index contributed by atoms with van der Waals surface area (Å²) in [6.45, 7) is 5.95. The highest BCUT2D eigenvalue weighted by atomic mass is 32.1. The number of likely N-dealkylation sites (tertiary alicyclic amines) is 1. The molecule has 1 aliphatic rings. The summed E-state index contributed by atoms with van der Waals surface area (Å²) in [7, 11) is 0. The average Bonchev–Trinajstić information content (AvgIpc) is 3.37. The molecule has 4 heterocycles. The van der Waals surface area contributed by atoms with Crippen molar-refractivity contribution in [2.45, 2.75) is 26.2 Å². The van der Waals surface area contributed by atoms with Crippen LogP contribution in [0, 0.1) is 6.92 Å². The average molecular weight is 434 g/mol. The molecule has 0 saturated carbocycles. The molecular weight excluding hydrogens is 406 g/mol. The number of nitrogens with zero attached hydrogens (tertiary/aromatic N) is 2.